The van der Waals surface area contributed by atoms with Gasteiger partial charge < -0.3 is 4.90 Å². The summed E-state index contributed by atoms with van der Waals surface area (Å²) in [5, 5.41) is 1.02. The highest BCUT2D eigenvalue weighted by molar-refractivity contribution is 6.58. The van der Waals surface area contributed by atoms with E-state index in [9.17, 15) is 0 Å². The average molecular weight is 170 g/mol. The average Bonchev–Trinajstić information content (AvgIpc) is 1.64. The number of hydrogen-bond donors (Lipinski definition) is 0. The standard InChI is InChI=1S/C4H9Cl2NSi/c1-7(2)4(8)3(5)6/h1-2,8H3. The fourth-order valence-electron chi connectivity index (χ4n) is 0.169. The van der Waals surface area contributed by atoms with Crippen molar-refractivity contribution in [2.24, 2.45) is 0 Å². The van der Waals surface area contributed by atoms with Gasteiger partial charge in [0.05, 0.1) is 10.2 Å². The minimum absolute atomic E-state index is 0.390. The molecule has 4 heteroatoms. The van der Waals surface area contributed by atoms with Gasteiger partial charge in [-0.15, -0.1) is 0 Å². The van der Waals surface area contributed by atoms with E-state index in [4.69, 9.17) is 23.2 Å². The van der Waals surface area contributed by atoms with Gasteiger partial charge in [-0.3, -0.25) is 0 Å². The van der Waals surface area contributed by atoms with Crippen molar-refractivity contribution in [3.05, 3.63) is 9.81 Å². The summed E-state index contributed by atoms with van der Waals surface area (Å²) in [6.45, 7) is 0. The molecule has 0 unspecified atom stereocenters. The van der Waals surface area contributed by atoms with Gasteiger partial charge >= 0.3 is 0 Å². The summed E-state index contributed by atoms with van der Waals surface area (Å²) in [7, 11) is 4.75. The lowest BCUT2D eigenvalue weighted by atomic mass is 10.8. The molecule has 1 nitrogen and oxygen atoms in total. The minimum Gasteiger partial charge on any atom is -0.383 e. The zero-order chi connectivity index (χ0) is 6.73. The molecule has 0 aliphatic carbocycles. The van der Waals surface area contributed by atoms with Crippen LogP contribution in [0.3, 0.4) is 0 Å². The molecule has 0 aromatic heterocycles. The Bertz CT molecular complexity index is 107. The van der Waals surface area contributed by atoms with Gasteiger partial charge in [0, 0.05) is 19.4 Å². The Morgan fingerprint density at radius 2 is 1.75 bits per heavy atom. The van der Waals surface area contributed by atoms with Crippen LogP contribution in [0.4, 0.5) is 0 Å². The molecule has 0 aromatic rings. The second kappa shape index (κ2) is 3.38. The van der Waals surface area contributed by atoms with E-state index in [-0.39, 0.29) is 0 Å². The summed E-state index contributed by atoms with van der Waals surface area (Å²) in [4.78, 5) is 1.92. The van der Waals surface area contributed by atoms with Crippen LogP contribution in [0, 0.1) is 0 Å². The van der Waals surface area contributed by atoms with Crippen LogP contribution in [-0.2, 0) is 0 Å². The lowest BCUT2D eigenvalue weighted by Gasteiger charge is -2.11. The molecule has 0 N–H and O–H groups in total. The molecule has 0 amide bonds. The monoisotopic (exact) mass is 169 g/mol. The molecular weight excluding hydrogens is 161 g/mol. The minimum atomic E-state index is 0.390. The number of rotatable bonds is 1. The van der Waals surface area contributed by atoms with Crippen molar-refractivity contribution < 1.29 is 0 Å². The first kappa shape index (κ1) is 8.34. The van der Waals surface area contributed by atoms with Crippen LogP contribution in [0.2, 0.25) is 0 Å². The smallest absolute Gasteiger partial charge is 0.120 e. The van der Waals surface area contributed by atoms with Crippen molar-refractivity contribution in [1.29, 1.82) is 0 Å². The molecule has 0 fully saturated rings. The van der Waals surface area contributed by atoms with Crippen molar-refractivity contribution in [1.82, 2.24) is 4.90 Å². The SMILES string of the molecule is CN(C)C([SiH3])=C(Cl)Cl. The fourth-order valence-corrected chi connectivity index (χ4v) is 0.507. The molecule has 0 radical (unpaired) electrons. The molecular formula is C4H9Cl2NSi. The highest BCUT2D eigenvalue weighted by Crippen LogP contribution is 2.11. The maximum Gasteiger partial charge on any atom is 0.120 e. The number of halogens is 2. The van der Waals surface area contributed by atoms with E-state index in [0.29, 0.717) is 4.49 Å². The maximum absolute atomic E-state index is 5.46. The molecule has 0 spiro atoms. The molecule has 0 atom stereocenters. The molecule has 0 saturated carbocycles. The molecule has 8 heavy (non-hydrogen) atoms. The van der Waals surface area contributed by atoms with E-state index in [1.165, 1.54) is 0 Å². The van der Waals surface area contributed by atoms with E-state index >= 15 is 0 Å². The Kier molecular flexibility index (Phi) is 3.52. The second-order valence-corrected chi connectivity index (χ2v) is 3.64. The fraction of sp³-hybridized carbons (Fsp3) is 0.500. The summed E-state index contributed by atoms with van der Waals surface area (Å²) in [6, 6.07) is 0. The van der Waals surface area contributed by atoms with Gasteiger partial charge in [0.2, 0.25) is 0 Å². The Morgan fingerprint density at radius 3 is 1.75 bits per heavy atom. The molecule has 0 aliphatic rings. The molecule has 0 rings (SSSR count). The van der Waals surface area contributed by atoms with Crippen molar-refractivity contribution in [2.75, 3.05) is 14.1 Å². The van der Waals surface area contributed by atoms with E-state index in [0.717, 1.165) is 15.6 Å². The third-order valence-electron chi connectivity index (χ3n) is 0.944. The topological polar surface area (TPSA) is 3.24 Å². The van der Waals surface area contributed by atoms with Crippen LogP contribution < -0.4 is 0 Å². The molecule has 0 saturated heterocycles. The molecule has 0 aromatic carbocycles. The van der Waals surface area contributed by atoms with Crippen LogP contribution in [0.1, 0.15) is 0 Å². The van der Waals surface area contributed by atoms with Crippen LogP contribution in [0.25, 0.3) is 0 Å². The molecule has 0 bridgehead atoms. The molecule has 0 aliphatic heterocycles. The molecule has 48 valence electrons. The Balaban J connectivity index is 4.00. The Morgan fingerprint density at radius 1 is 1.38 bits per heavy atom. The normalized spacial score (nSPS) is 9.00. The van der Waals surface area contributed by atoms with Gasteiger partial charge in [0.1, 0.15) is 4.49 Å². The zero-order valence-corrected chi connectivity index (χ0v) is 8.72. The summed E-state index contributed by atoms with van der Waals surface area (Å²) < 4.78 is 0.390. The first-order valence-corrected chi connectivity index (χ1v) is 4.00. The summed E-state index contributed by atoms with van der Waals surface area (Å²) in [5.74, 6) is 0. The predicted molar refractivity (Wildman–Crippen MR) is 42.4 cm³/mol. The Labute approximate surface area is 62.7 Å². The van der Waals surface area contributed by atoms with E-state index < -0.39 is 0 Å². The van der Waals surface area contributed by atoms with Crippen LogP contribution in [0.15, 0.2) is 9.81 Å². The lowest BCUT2D eigenvalue weighted by molar-refractivity contribution is 0.546. The van der Waals surface area contributed by atoms with E-state index in [1.54, 1.807) is 0 Å². The summed E-state index contributed by atoms with van der Waals surface area (Å²) >= 11 is 10.9. The predicted octanol–water partition coefficient (Wildman–Crippen LogP) is 0.518. The van der Waals surface area contributed by atoms with Crippen molar-refractivity contribution >= 4 is 33.4 Å². The third kappa shape index (κ3) is 2.60. The van der Waals surface area contributed by atoms with Gasteiger partial charge in [0.25, 0.3) is 0 Å². The van der Waals surface area contributed by atoms with Crippen LogP contribution >= 0.6 is 23.2 Å². The van der Waals surface area contributed by atoms with Crippen LogP contribution in [-0.4, -0.2) is 29.2 Å². The van der Waals surface area contributed by atoms with Gasteiger partial charge in [-0.1, -0.05) is 23.2 Å². The summed E-state index contributed by atoms with van der Waals surface area (Å²) in [5.41, 5.74) is 0. The van der Waals surface area contributed by atoms with E-state index in [1.807, 2.05) is 19.0 Å². The first-order valence-electron chi connectivity index (χ1n) is 2.25. The maximum atomic E-state index is 5.46. The number of nitrogens with zero attached hydrogens (tertiary/aromatic N) is 1. The van der Waals surface area contributed by atoms with E-state index in [2.05, 4.69) is 0 Å². The van der Waals surface area contributed by atoms with Gasteiger partial charge in [-0.2, -0.15) is 0 Å². The van der Waals surface area contributed by atoms with Crippen molar-refractivity contribution in [2.45, 2.75) is 0 Å². The zero-order valence-electron chi connectivity index (χ0n) is 5.20. The van der Waals surface area contributed by atoms with Gasteiger partial charge in [0.15, 0.2) is 0 Å². The summed E-state index contributed by atoms with van der Waals surface area (Å²) in [6.07, 6.45) is 0. The lowest BCUT2D eigenvalue weighted by Crippen LogP contribution is -2.11. The largest absolute Gasteiger partial charge is 0.383 e. The highest BCUT2D eigenvalue weighted by atomic mass is 35.5. The Hall–Kier alpha value is 0.337. The molecule has 0 heterocycles. The third-order valence-corrected chi connectivity index (χ3v) is 3.52. The van der Waals surface area contributed by atoms with Gasteiger partial charge in [-0.25, -0.2) is 0 Å². The number of hydrogen-bond acceptors (Lipinski definition) is 1. The first-order chi connectivity index (χ1) is 3.55. The van der Waals surface area contributed by atoms with Crippen molar-refractivity contribution in [3.63, 3.8) is 0 Å². The highest BCUT2D eigenvalue weighted by Gasteiger charge is 1.94. The van der Waals surface area contributed by atoms with Crippen LogP contribution in [0.5, 0.6) is 0 Å². The second-order valence-electron chi connectivity index (χ2n) is 1.74. The van der Waals surface area contributed by atoms with Crippen molar-refractivity contribution in [3.8, 4) is 0 Å². The quantitative estimate of drug-likeness (QED) is 0.518. The van der Waals surface area contributed by atoms with Gasteiger partial charge in [-0.05, 0) is 0 Å².